The highest BCUT2D eigenvalue weighted by Gasteiger charge is 2.51. The second kappa shape index (κ2) is 8.79. The van der Waals surface area contributed by atoms with Crippen molar-refractivity contribution >= 4 is 23.6 Å². The summed E-state index contributed by atoms with van der Waals surface area (Å²) < 4.78 is 6.76. The molecule has 9 heteroatoms. The number of carbonyl (C=O) groups is 2. The lowest BCUT2D eigenvalue weighted by Crippen LogP contribution is -2.50. The molecule has 2 N–H and O–H groups in total. The molecule has 0 spiro atoms. The smallest absolute Gasteiger partial charge is 0.288 e. The zero-order valence-electron chi connectivity index (χ0n) is 19.4. The summed E-state index contributed by atoms with van der Waals surface area (Å²) in [5.41, 5.74) is 6.19. The van der Waals surface area contributed by atoms with Crippen molar-refractivity contribution in [3.8, 4) is 11.4 Å². The molecule has 4 aliphatic rings. The predicted molar refractivity (Wildman–Crippen MR) is 128 cm³/mol. The number of hydrogen-bond acceptors (Lipinski definition) is 6. The molecular weight excluding hydrogens is 444 g/mol. The lowest BCUT2D eigenvalue weighted by molar-refractivity contribution is -0.133. The van der Waals surface area contributed by atoms with Crippen LogP contribution in [0.25, 0.3) is 23.2 Å². The summed E-state index contributed by atoms with van der Waals surface area (Å²) in [4.78, 5) is 26.2. The van der Waals surface area contributed by atoms with E-state index >= 15 is 0 Å². The van der Waals surface area contributed by atoms with Crippen molar-refractivity contribution in [3.63, 3.8) is 0 Å². The van der Waals surface area contributed by atoms with E-state index in [4.69, 9.17) is 4.42 Å². The Hall–Kier alpha value is -3.75. The van der Waals surface area contributed by atoms with Crippen LogP contribution in [0, 0.1) is 23.2 Å². The number of tetrazole rings is 1. The molecule has 3 aromatic rings. The Morgan fingerprint density at radius 3 is 2.37 bits per heavy atom. The van der Waals surface area contributed by atoms with E-state index in [1.165, 1.54) is 30.2 Å². The van der Waals surface area contributed by atoms with Gasteiger partial charge in [0.05, 0.1) is 6.26 Å². The largest absolute Gasteiger partial charge is 0.465 e. The summed E-state index contributed by atoms with van der Waals surface area (Å²) >= 11 is 0. The maximum Gasteiger partial charge on any atom is 0.288 e. The number of amides is 2. The van der Waals surface area contributed by atoms with E-state index in [0.29, 0.717) is 18.0 Å². The third-order valence-corrected chi connectivity index (χ3v) is 7.80. The van der Waals surface area contributed by atoms with Crippen LogP contribution in [0.3, 0.4) is 0 Å². The molecule has 0 aliphatic heterocycles. The Kier molecular flexibility index (Phi) is 5.47. The molecule has 1 aromatic carbocycles. The Morgan fingerprint density at radius 1 is 1.00 bits per heavy atom. The van der Waals surface area contributed by atoms with Gasteiger partial charge in [-0.25, -0.2) is 0 Å². The van der Waals surface area contributed by atoms with Gasteiger partial charge in [-0.15, -0.1) is 5.10 Å². The second-order valence-corrected chi connectivity index (χ2v) is 10.4. The first-order chi connectivity index (χ1) is 17.1. The molecule has 7 rings (SSSR count). The van der Waals surface area contributed by atoms with Crippen molar-refractivity contribution in [2.75, 3.05) is 0 Å². The molecule has 180 valence electrons. The normalized spacial score (nSPS) is 27.1. The molecule has 4 aliphatic carbocycles. The maximum absolute atomic E-state index is 13.3. The van der Waals surface area contributed by atoms with Crippen LogP contribution < -0.4 is 10.9 Å². The highest BCUT2D eigenvalue weighted by Crippen LogP contribution is 2.61. The first-order valence-electron chi connectivity index (χ1n) is 12.3. The minimum absolute atomic E-state index is 0.0900. The van der Waals surface area contributed by atoms with Crippen LogP contribution in [0.4, 0.5) is 0 Å². The van der Waals surface area contributed by atoms with Crippen LogP contribution in [-0.4, -0.2) is 32.0 Å². The molecule has 2 aromatic heterocycles. The number of furan rings is 1. The predicted octanol–water partition coefficient (Wildman–Crippen LogP) is 3.69. The average molecular weight is 473 g/mol. The third-order valence-electron chi connectivity index (χ3n) is 7.80. The standard InChI is InChI=1S/C26H28N6O3/c33-23(16-26-13-17-9-18(14-26)11-19(10-17)15-26)27-29-25(34)22(12-21-7-4-8-35-21)32-24(28-30-31-32)20-5-2-1-3-6-20/h1-8,12,17-19H,9-11,13-16H2,(H,27,33)(H,29,34)/b22-12+. The fraction of sp³-hybridized carbons (Fsp3) is 0.423. The lowest BCUT2D eigenvalue weighted by atomic mass is 9.49. The SMILES string of the molecule is O=C(CC12CC3CC(CC(C3)C1)C2)NNC(=O)/C(=C\c1ccco1)n1nnnc1-c1ccccc1. The number of carbonyl (C=O) groups excluding carboxylic acids is 2. The number of aromatic nitrogens is 4. The van der Waals surface area contributed by atoms with Gasteiger partial charge in [0, 0.05) is 18.1 Å². The summed E-state index contributed by atoms with van der Waals surface area (Å²) in [6.07, 6.45) is 10.9. The Morgan fingerprint density at radius 2 is 1.71 bits per heavy atom. The van der Waals surface area contributed by atoms with E-state index in [1.807, 2.05) is 30.3 Å². The van der Waals surface area contributed by atoms with Gasteiger partial charge in [0.15, 0.2) is 5.82 Å². The summed E-state index contributed by atoms with van der Waals surface area (Å²) in [5, 5.41) is 11.9. The molecule has 2 heterocycles. The molecule has 0 atom stereocenters. The quantitative estimate of drug-likeness (QED) is 0.418. The van der Waals surface area contributed by atoms with Crippen molar-refractivity contribution < 1.29 is 14.0 Å². The fourth-order valence-corrected chi connectivity index (χ4v) is 6.93. The highest BCUT2D eigenvalue weighted by atomic mass is 16.3. The molecule has 4 saturated carbocycles. The summed E-state index contributed by atoms with van der Waals surface area (Å²) in [6, 6.07) is 12.8. The molecule has 0 saturated heterocycles. The van der Waals surface area contributed by atoms with Crippen molar-refractivity contribution in [2.45, 2.75) is 44.9 Å². The van der Waals surface area contributed by atoms with Crippen LogP contribution in [0.15, 0.2) is 53.1 Å². The second-order valence-electron chi connectivity index (χ2n) is 10.4. The Balaban J connectivity index is 1.19. The highest BCUT2D eigenvalue weighted by molar-refractivity contribution is 6.18. The van der Waals surface area contributed by atoms with Gasteiger partial charge in [-0.1, -0.05) is 30.3 Å². The average Bonchev–Trinajstić information content (AvgIpc) is 3.52. The summed E-state index contributed by atoms with van der Waals surface area (Å²) in [7, 11) is 0. The van der Waals surface area contributed by atoms with Gasteiger partial charge in [-0.2, -0.15) is 4.68 Å². The number of nitrogens with one attached hydrogen (secondary N) is 2. The number of hydrazine groups is 1. The van der Waals surface area contributed by atoms with Crippen molar-refractivity contribution in [1.29, 1.82) is 0 Å². The zero-order chi connectivity index (χ0) is 23.8. The molecule has 2 amide bonds. The minimum atomic E-state index is -0.537. The van der Waals surface area contributed by atoms with Gasteiger partial charge in [0.25, 0.3) is 5.91 Å². The summed E-state index contributed by atoms with van der Waals surface area (Å²) in [6.45, 7) is 0. The van der Waals surface area contributed by atoms with Crippen LogP contribution in [0.1, 0.15) is 50.7 Å². The number of nitrogens with zero attached hydrogens (tertiary/aromatic N) is 4. The minimum Gasteiger partial charge on any atom is -0.465 e. The van der Waals surface area contributed by atoms with Gasteiger partial charge >= 0.3 is 0 Å². The van der Waals surface area contributed by atoms with Crippen LogP contribution >= 0.6 is 0 Å². The number of hydrogen-bond donors (Lipinski definition) is 2. The fourth-order valence-electron chi connectivity index (χ4n) is 6.93. The lowest BCUT2D eigenvalue weighted by Gasteiger charge is -2.56. The van der Waals surface area contributed by atoms with E-state index in [0.717, 1.165) is 42.6 Å². The topological polar surface area (TPSA) is 115 Å². The Bertz CT molecular complexity index is 1210. The Labute approximate surface area is 202 Å². The molecule has 4 fully saturated rings. The number of benzene rings is 1. The van der Waals surface area contributed by atoms with E-state index in [-0.39, 0.29) is 17.0 Å². The first-order valence-corrected chi connectivity index (χ1v) is 12.3. The van der Waals surface area contributed by atoms with E-state index in [1.54, 1.807) is 18.2 Å². The van der Waals surface area contributed by atoms with Gasteiger partial charge in [0.2, 0.25) is 5.91 Å². The molecule has 0 unspecified atom stereocenters. The van der Waals surface area contributed by atoms with E-state index in [2.05, 4.69) is 26.4 Å². The number of rotatable bonds is 6. The van der Waals surface area contributed by atoms with Gasteiger partial charge in [0.1, 0.15) is 11.5 Å². The van der Waals surface area contributed by atoms with Crippen LogP contribution in [-0.2, 0) is 9.59 Å². The molecule has 0 radical (unpaired) electrons. The van der Waals surface area contributed by atoms with Crippen molar-refractivity contribution in [2.24, 2.45) is 23.2 Å². The van der Waals surface area contributed by atoms with Gasteiger partial charge in [-0.05, 0) is 84.3 Å². The van der Waals surface area contributed by atoms with Gasteiger partial charge < -0.3 is 4.42 Å². The van der Waals surface area contributed by atoms with Crippen molar-refractivity contribution in [3.05, 3.63) is 54.5 Å². The van der Waals surface area contributed by atoms with Crippen LogP contribution in [0.2, 0.25) is 0 Å². The molecule has 9 nitrogen and oxygen atoms in total. The third kappa shape index (κ3) is 4.38. The zero-order valence-corrected chi connectivity index (χ0v) is 19.4. The molecular formula is C26H28N6O3. The monoisotopic (exact) mass is 472 g/mol. The van der Waals surface area contributed by atoms with Crippen LogP contribution in [0.5, 0.6) is 0 Å². The van der Waals surface area contributed by atoms with Crippen molar-refractivity contribution in [1.82, 2.24) is 31.1 Å². The first kappa shape index (κ1) is 21.8. The van der Waals surface area contributed by atoms with Gasteiger partial charge in [-0.3, -0.25) is 20.4 Å². The molecule has 35 heavy (non-hydrogen) atoms. The van der Waals surface area contributed by atoms with E-state index in [9.17, 15) is 9.59 Å². The maximum atomic E-state index is 13.3. The summed E-state index contributed by atoms with van der Waals surface area (Å²) in [5.74, 6) is 2.47. The molecule has 4 bridgehead atoms. The van der Waals surface area contributed by atoms with E-state index < -0.39 is 5.91 Å².